The first-order chi connectivity index (χ1) is 21.6. The summed E-state index contributed by atoms with van der Waals surface area (Å²) in [6, 6.07) is 24.3. The summed E-state index contributed by atoms with van der Waals surface area (Å²) in [4.78, 5) is 2.46. The van der Waals surface area contributed by atoms with Gasteiger partial charge in [-0.25, -0.2) is 13.3 Å². The van der Waals surface area contributed by atoms with Crippen LogP contribution in [0.25, 0.3) is 0 Å². The molecule has 0 aromatic heterocycles. The molecule has 238 valence electrons. The summed E-state index contributed by atoms with van der Waals surface area (Å²) in [7, 11) is -0.239. The molecular weight excluding hydrogens is 627 g/mol. The Hall–Kier alpha value is -3.93. The van der Waals surface area contributed by atoms with Gasteiger partial charge >= 0.3 is 6.36 Å². The summed E-state index contributed by atoms with van der Waals surface area (Å²) in [5.41, 5.74) is 5.21. The third kappa shape index (κ3) is 8.02. The van der Waals surface area contributed by atoms with E-state index in [1.807, 2.05) is 24.3 Å². The fourth-order valence-electron chi connectivity index (χ4n) is 5.25. The number of nitrogens with zero attached hydrogens (tertiary/aromatic N) is 2. The van der Waals surface area contributed by atoms with Gasteiger partial charge in [0.2, 0.25) is 0 Å². The number of hydrogen-bond acceptors (Lipinski definition) is 6. The number of ether oxygens (including phenoxy) is 3. The zero-order valence-electron chi connectivity index (χ0n) is 24.8. The molecule has 0 amide bonds. The van der Waals surface area contributed by atoms with Crippen molar-refractivity contribution in [2.24, 2.45) is 4.36 Å². The van der Waals surface area contributed by atoms with Crippen LogP contribution >= 0.6 is 11.6 Å². The second kappa shape index (κ2) is 14.0. The Morgan fingerprint density at radius 1 is 0.889 bits per heavy atom. The summed E-state index contributed by atoms with van der Waals surface area (Å²) < 4.78 is 75.1. The number of nitrogens with one attached hydrogen (secondary N) is 1. The minimum Gasteiger partial charge on any atom is -0.497 e. The molecule has 0 saturated carbocycles. The molecule has 1 aliphatic heterocycles. The molecule has 0 aliphatic carbocycles. The Bertz CT molecular complexity index is 1760. The number of halogens is 4. The van der Waals surface area contributed by atoms with Crippen LogP contribution in [0.3, 0.4) is 0 Å². The van der Waals surface area contributed by atoms with Crippen LogP contribution in [-0.2, 0) is 29.3 Å². The summed E-state index contributed by atoms with van der Waals surface area (Å²) in [6.45, 7) is 0.917. The molecule has 1 aliphatic rings. The van der Waals surface area contributed by atoms with Crippen LogP contribution < -0.4 is 23.8 Å². The van der Waals surface area contributed by atoms with Crippen LogP contribution in [0.5, 0.6) is 17.2 Å². The van der Waals surface area contributed by atoms with Gasteiger partial charge in [-0.05, 0) is 85.0 Å². The molecule has 0 saturated heterocycles. The standard InChI is InChI=1S/C33H33ClF3N3O4S/c1-42-28-13-11-25(32(21-28)43-2)22-39-45(41,29-16-14-27(15-17-29)44-33(35,36)37)38-18-5-19-40-30-7-4-3-6-23(30)8-9-24-10-12-26(34)20-31(24)40/h3-4,6-7,10-17,20-21H,5,8-9,18-19,22H2,1-2H3,(H,38,39,41). The molecule has 1 atom stereocenters. The van der Waals surface area contributed by atoms with Gasteiger partial charge in [0.25, 0.3) is 0 Å². The number of alkyl halides is 3. The van der Waals surface area contributed by atoms with Gasteiger partial charge in [-0.2, -0.15) is 0 Å². The van der Waals surface area contributed by atoms with Crippen molar-refractivity contribution in [3.05, 3.63) is 107 Å². The summed E-state index contributed by atoms with van der Waals surface area (Å²) in [5.74, 6) is 0.681. The van der Waals surface area contributed by atoms with Gasteiger partial charge in [-0.3, -0.25) is 0 Å². The van der Waals surface area contributed by atoms with Crippen molar-refractivity contribution in [1.82, 2.24) is 4.72 Å². The monoisotopic (exact) mass is 659 g/mol. The van der Waals surface area contributed by atoms with Gasteiger partial charge in [0.15, 0.2) is 0 Å². The maximum Gasteiger partial charge on any atom is 0.573 e. The maximum atomic E-state index is 14.4. The first-order valence-electron chi connectivity index (χ1n) is 14.3. The molecule has 5 rings (SSSR count). The Balaban J connectivity index is 1.40. The molecule has 1 unspecified atom stereocenters. The van der Waals surface area contributed by atoms with E-state index in [2.05, 4.69) is 36.9 Å². The second-order valence-corrected chi connectivity index (χ2v) is 12.8. The number of benzene rings is 4. The minimum atomic E-state index is -4.84. The van der Waals surface area contributed by atoms with Crippen LogP contribution in [0.1, 0.15) is 23.1 Å². The van der Waals surface area contributed by atoms with Gasteiger partial charge < -0.3 is 19.1 Å². The largest absolute Gasteiger partial charge is 0.573 e. The average Bonchev–Trinajstić information content (AvgIpc) is 3.18. The van der Waals surface area contributed by atoms with E-state index < -0.39 is 22.0 Å². The third-order valence-corrected chi connectivity index (χ3v) is 9.66. The molecular formula is C33H33ClF3N3O4S. The molecule has 7 nitrogen and oxygen atoms in total. The van der Waals surface area contributed by atoms with Gasteiger partial charge in [-0.15, -0.1) is 13.2 Å². The molecule has 12 heteroatoms. The second-order valence-electron chi connectivity index (χ2n) is 10.3. The van der Waals surface area contributed by atoms with Crippen LogP contribution in [0.15, 0.2) is 94.2 Å². The SMILES string of the molecule is COc1ccc(CN=S(=O)(NCCCN2c3ccccc3CCc3ccc(Cl)cc32)c2ccc(OC(F)(F)F)cc2)c(OC)c1. The van der Waals surface area contributed by atoms with E-state index in [9.17, 15) is 17.4 Å². The molecule has 0 spiro atoms. The van der Waals surface area contributed by atoms with Crippen molar-refractivity contribution in [3.8, 4) is 17.2 Å². The highest BCUT2D eigenvalue weighted by atomic mass is 35.5. The molecule has 0 fully saturated rings. The highest BCUT2D eigenvalue weighted by molar-refractivity contribution is 7.91. The van der Waals surface area contributed by atoms with E-state index >= 15 is 0 Å². The van der Waals surface area contributed by atoms with Gasteiger partial charge in [0, 0.05) is 41.1 Å². The minimum absolute atomic E-state index is 0.0190. The predicted octanol–water partition coefficient (Wildman–Crippen LogP) is 8.11. The van der Waals surface area contributed by atoms with Crippen molar-refractivity contribution >= 4 is 32.9 Å². The lowest BCUT2D eigenvalue weighted by molar-refractivity contribution is -0.274. The first-order valence-corrected chi connectivity index (χ1v) is 16.2. The van der Waals surface area contributed by atoms with Crippen LogP contribution in [0.2, 0.25) is 5.02 Å². The Kier molecular flexibility index (Phi) is 10.1. The fourth-order valence-corrected chi connectivity index (χ4v) is 7.07. The maximum absolute atomic E-state index is 14.4. The quantitative estimate of drug-likeness (QED) is 0.165. The van der Waals surface area contributed by atoms with Crippen molar-refractivity contribution in [2.45, 2.75) is 37.1 Å². The van der Waals surface area contributed by atoms with E-state index in [1.165, 1.54) is 30.4 Å². The zero-order chi connectivity index (χ0) is 32.0. The van der Waals surface area contributed by atoms with E-state index in [4.69, 9.17) is 21.1 Å². The topological polar surface area (TPSA) is 72.4 Å². The molecule has 0 bridgehead atoms. The van der Waals surface area contributed by atoms with Crippen molar-refractivity contribution in [2.75, 3.05) is 32.2 Å². The van der Waals surface area contributed by atoms with E-state index in [-0.39, 0.29) is 11.4 Å². The van der Waals surface area contributed by atoms with Crippen LogP contribution in [0, 0.1) is 0 Å². The number of aryl methyl sites for hydroxylation is 2. The Morgan fingerprint density at radius 2 is 1.60 bits per heavy atom. The van der Waals surface area contributed by atoms with Crippen LogP contribution in [-0.4, -0.2) is 37.9 Å². The lowest BCUT2D eigenvalue weighted by Crippen LogP contribution is -2.28. The molecule has 45 heavy (non-hydrogen) atoms. The van der Waals surface area contributed by atoms with Crippen LogP contribution in [0.4, 0.5) is 24.5 Å². The van der Waals surface area contributed by atoms with Crippen molar-refractivity contribution in [3.63, 3.8) is 0 Å². The summed E-state index contributed by atoms with van der Waals surface area (Å²) >= 11 is 6.41. The highest BCUT2D eigenvalue weighted by Gasteiger charge is 2.31. The van der Waals surface area contributed by atoms with E-state index in [1.54, 1.807) is 25.3 Å². The van der Waals surface area contributed by atoms with Gasteiger partial charge in [0.1, 0.15) is 27.2 Å². The van der Waals surface area contributed by atoms with E-state index in [0.29, 0.717) is 41.6 Å². The van der Waals surface area contributed by atoms with Gasteiger partial charge in [0.05, 0.1) is 25.7 Å². The summed E-state index contributed by atoms with van der Waals surface area (Å²) in [6.07, 6.45) is -2.48. The number of fused-ring (bicyclic) bond motifs is 2. The van der Waals surface area contributed by atoms with E-state index in [0.717, 1.165) is 36.3 Å². The van der Waals surface area contributed by atoms with Crippen molar-refractivity contribution < 1.29 is 31.6 Å². The zero-order valence-corrected chi connectivity index (χ0v) is 26.3. The van der Waals surface area contributed by atoms with Gasteiger partial charge in [-0.1, -0.05) is 35.9 Å². The normalized spacial score (nSPS) is 14.0. The number of para-hydroxylation sites is 1. The van der Waals surface area contributed by atoms with Crippen molar-refractivity contribution in [1.29, 1.82) is 0 Å². The molecule has 0 radical (unpaired) electrons. The third-order valence-electron chi connectivity index (χ3n) is 7.43. The molecule has 4 aromatic carbocycles. The molecule has 1 heterocycles. The first kappa shape index (κ1) is 32.5. The number of methoxy groups -OCH3 is 2. The predicted molar refractivity (Wildman–Crippen MR) is 170 cm³/mol. The lowest BCUT2D eigenvalue weighted by Gasteiger charge is -2.27. The smallest absolute Gasteiger partial charge is 0.497 e. The highest BCUT2D eigenvalue weighted by Crippen LogP contribution is 2.37. The Labute approximate surface area is 266 Å². The fraction of sp³-hybridized carbons (Fsp3) is 0.273. The summed E-state index contributed by atoms with van der Waals surface area (Å²) in [5, 5.41) is 0.644. The number of anilines is 2. The Morgan fingerprint density at radius 3 is 2.31 bits per heavy atom. The lowest BCUT2D eigenvalue weighted by atomic mass is 10.0. The molecule has 1 N–H and O–H groups in total. The molecule has 4 aromatic rings. The number of rotatable bonds is 11. The number of hydrogen-bond donors (Lipinski definition) is 1. The average molecular weight is 660 g/mol.